The maximum atomic E-state index is 9.57. The third-order valence-corrected chi connectivity index (χ3v) is 4.06. The average molecular weight is 390 g/mol. The number of aromatic nitrogens is 2. The molecule has 1 heterocycles. The van der Waals surface area contributed by atoms with Gasteiger partial charge in [-0.2, -0.15) is 15.6 Å². The van der Waals surface area contributed by atoms with E-state index < -0.39 is 0 Å². The fourth-order valence-electron chi connectivity index (χ4n) is 2.41. The van der Waals surface area contributed by atoms with Crippen molar-refractivity contribution in [3.8, 4) is 17.8 Å². The third-order valence-electron chi connectivity index (χ3n) is 3.57. The molecule has 1 aromatic heterocycles. The van der Waals surface area contributed by atoms with Gasteiger partial charge in [0, 0.05) is 4.47 Å². The molecule has 6 heteroatoms. The number of hydrogen-bond acceptors (Lipinski definition) is 4. The molecule has 0 unspecified atom stereocenters. The Morgan fingerprint density at radius 3 is 2.52 bits per heavy atom. The summed E-state index contributed by atoms with van der Waals surface area (Å²) in [6.45, 7) is 0. The van der Waals surface area contributed by atoms with Crippen LogP contribution >= 0.6 is 15.9 Å². The Labute approximate surface area is 153 Å². The minimum absolute atomic E-state index is 0.187. The standard InChI is InChI=1S/C19H12BrN5/c20-15-6-4-5-13(10-15)9-14(11-21)18-17(12-22)19(23)25(24-18)16-7-2-1-3-8-16/h1-10H,23H2. The number of allylic oxidation sites excluding steroid dienone is 1. The number of nitrogens with two attached hydrogens (primary N) is 1. The van der Waals surface area contributed by atoms with Crippen molar-refractivity contribution in [3.05, 3.63) is 75.9 Å². The lowest BCUT2D eigenvalue weighted by Gasteiger charge is -2.02. The molecule has 0 saturated carbocycles. The summed E-state index contributed by atoms with van der Waals surface area (Å²) < 4.78 is 2.37. The van der Waals surface area contributed by atoms with E-state index in [1.807, 2.05) is 54.6 Å². The summed E-state index contributed by atoms with van der Waals surface area (Å²) in [5, 5.41) is 23.5. The fourth-order valence-corrected chi connectivity index (χ4v) is 2.83. The first-order valence-corrected chi connectivity index (χ1v) is 8.15. The molecule has 0 radical (unpaired) electrons. The lowest BCUT2D eigenvalue weighted by molar-refractivity contribution is 0.885. The molecule has 0 saturated heterocycles. The van der Waals surface area contributed by atoms with Gasteiger partial charge in [0.2, 0.25) is 0 Å². The first-order chi connectivity index (χ1) is 12.1. The van der Waals surface area contributed by atoms with Gasteiger partial charge in [-0.3, -0.25) is 0 Å². The first kappa shape index (κ1) is 16.5. The largest absolute Gasteiger partial charge is 0.382 e. The van der Waals surface area contributed by atoms with Crippen molar-refractivity contribution in [2.75, 3.05) is 5.73 Å². The molecule has 0 fully saturated rings. The Kier molecular flexibility index (Phi) is 4.65. The zero-order chi connectivity index (χ0) is 17.8. The second-order valence-electron chi connectivity index (χ2n) is 5.19. The summed E-state index contributed by atoms with van der Waals surface area (Å²) in [4.78, 5) is 0. The van der Waals surface area contributed by atoms with Crippen molar-refractivity contribution in [2.45, 2.75) is 0 Å². The van der Waals surface area contributed by atoms with Gasteiger partial charge in [0.25, 0.3) is 0 Å². The molecular weight excluding hydrogens is 378 g/mol. The molecule has 0 amide bonds. The van der Waals surface area contributed by atoms with Crippen LogP contribution in [0.2, 0.25) is 0 Å². The first-order valence-electron chi connectivity index (χ1n) is 7.36. The molecule has 25 heavy (non-hydrogen) atoms. The molecule has 0 spiro atoms. The van der Waals surface area contributed by atoms with E-state index in [0.717, 1.165) is 15.7 Å². The Morgan fingerprint density at radius 2 is 1.88 bits per heavy atom. The Bertz CT molecular complexity index is 1040. The van der Waals surface area contributed by atoms with Gasteiger partial charge >= 0.3 is 0 Å². The number of nitrogen functional groups attached to an aromatic ring is 1. The van der Waals surface area contributed by atoms with E-state index in [1.165, 1.54) is 4.68 Å². The smallest absolute Gasteiger partial charge is 0.145 e. The molecule has 2 aromatic carbocycles. The van der Waals surface area contributed by atoms with Crippen LogP contribution in [-0.2, 0) is 0 Å². The maximum absolute atomic E-state index is 9.57. The second-order valence-corrected chi connectivity index (χ2v) is 6.11. The molecule has 120 valence electrons. The minimum atomic E-state index is 0.187. The summed E-state index contributed by atoms with van der Waals surface area (Å²) in [6.07, 6.45) is 1.68. The molecule has 0 atom stereocenters. The van der Waals surface area contributed by atoms with Crippen molar-refractivity contribution in [1.82, 2.24) is 9.78 Å². The number of nitriles is 2. The van der Waals surface area contributed by atoms with Gasteiger partial charge in [0.05, 0.1) is 11.3 Å². The summed E-state index contributed by atoms with van der Waals surface area (Å²) in [7, 11) is 0. The molecule has 0 aliphatic carbocycles. The van der Waals surface area contributed by atoms with Crippen LogP contribution in [0.5, 0.6) is 0 Å². The topological polar surface area (TPSA) is 91.4 Å². The number of halogens is 1. The van der Waals surface area contributed by atoms with Crippen LogP contribution in [-0.4, -0.2) is 9.78 Å². The van der Waals surface area contributed by atoms with E-state index in [4.69, 9.17) is 5.73 Å². The molecule has 0 aliphatic rings. The van der Waals surface area contributed by atoms with E-state index in [0.29, 0.717) is 0 Å². The van der Waals surface area contributed by atoms with E-state index >= 15 is 0 Å². The van der Waals surface area contributed by atoms with Crippen LogP contribution in [0.15, 0.2) is 59.1 Å². The van der Waals surface area contributed by atoms with E-state index in [1.54, 1.807) is 6.08 Å². The van der Waals surface area contributed by atoms with Crippen molar-refractivity contribution in [2.24, 2.45) is 0 Å². The van der Waals surface area contributed by atoms with Crippen molar-refractivity contribution >= 4 is 33.4 Å². The lowest BCUT2D eigenvalue weighted by atomic mass is 10.1. The third kappa shape index (κ3) is 3.30. The summed E-state index contributed by atoms with van der Waals surface area (Å²) in [6, 6.07) is 20.9. The average Bonchev–Trinajstić information content (AvgIpc) is 2.96. The van der Waals surface area contributed by atoms with Crippen LogP contribution in [0.25, 0.3) is 17.3 Å². The van der Waals surface area contributed by atoms with Gasteiger partial charge in [-0.15, -0.1) is 0 Å². The molecule has 3 rings (SSSR count). The zero-order valence-electron chi connectivity index (χ0n) is 13.0. The predicted octanol–water partition coefficient (Wildman–Crippen LogP) is 4.15. The number of benzene rings is 2. The van der Waals surface area contributed by atoms with Crippen LogP contribution in [0, 0.1) is 22.7 Å². The Balaban J connectivity index is 2.16. The van der Waals surface area contributed by atoms with Gasteiger partial charge in [-0.1, -0.05) is 46.3 Å². The van der Waals surface area contributed by atoms with Crippen LogP contribution in [0.1, 0.15) is 16.8 Å². The summed E-state index contributed by atoms with van der Waals surface area (Å²) in [5.41, 5.74) is 8.37. The van der Waals surface area contributed by atoms with Crippen LogP contribution < -0.4 is 5.73 Å². The van der Waals surface area contributed by atoms with Gasteiger partial charge in [0.15, 0.2) is 0 Å². The SMILES string of the molecule is N#CC(=Cc1cccc(Br)c1)c1nn(-c2ccccc2)c(N)c1C#N. The van der Waals surface area contributed by atoms with Crippen molar-refractivity contribution in [3.63, 3.8) is 0 Å². The molecule has 3 aromatic rings. The predicted molar refractivity (Wildman–Crippen MR) is 100 cm³/mol. The second kappa shape index (κ2) is 7.04. The monoisotopic (exact) mass is 389 g/mol. The number of para-hydroxylation sites is 1. The van der Waals surface area contributed by atoms with Crippen molar-refractivity contribution in [1.29, 1.82) is 10.5 Å². The van der Waals surface area contributed by atoms with E-state index in [9.17, 15) is 10.5 Å². The highest BCUT2D eigenvalue weighted by molar-refractivity contribution is 9.10. The van der Waals surface area contributed by atoms with Crippen LogP contribution in [0.4, 0.5) is 5.82 Å². The lowest BCUT2D eigenvalue weighted by Crippen LogP contribution is -2.02. The van der Waals surface area contributed by atoms with Gasteiger partial charge in [-0.25, -0.2) is 4.68 Å². The summed E-state index contributed by atoms with van der Waals surface area (Å²) in [5.74, 6) is 0.207. The van der Waals surface area contributed by atoms with Crippen molar-refractivity contribution < 1.29 is 0 Å². The van der Waals surface area contributed by atoms with Gasteiger partial charge < -0.3 is 5.73 Å². The van der Waals surface area contributed by atoms with Gasteiger partial charge in [-0.05, 0) is 35.9 Å². The molecule has 5 nitrogen and oxygen atoms in total. The highest BCUT2D eigenvalue weighted by Crippen LogP contribution is 2.27. The molecule has 2 N–H and O–H groups in total. The highest BCUT2D eigenvalue weighted by atomic mass is 79.9. The summed E-state index contributed by atoms with van der Waals surface area (Å²) >= 11 is 3.40. The number of anilines is 1. The normalized spacial score (nSPS) is 10.9. The van der Waals surface area contributed by atoms with E-state index in [-0.39, 0.29) is 22.6 Å². The minimum Gasteiger partial charge on any atom is -0.382 e. The van der Waals surface area contributed by atoms with Gasteiger partial charge in [0.1, 0.15) is 29.2 Å². The maximum Gasteiger partial charge on any atom is 0.145 e. The number of rotatable bonds is 3. The number of hydrogen-bond donors (Lipinski definition) is 1. The van der Waals surface area contributed by atoms with Crippen LogP contribution in [0.3, 0.4) is 0 Å². The quantitative estimate of drug-likeness (QED) is 0.680. The molecule has 0 bridgehead atoms. The highest BCUT2D eigenvalue weighted by Gasteiger charge is 2.19. The fraction of sp³-hybridized carbons (Fsp3) is 0. The molecule has 0 aliphatic heterocycles. The number of nitrogens with zero attached hydrogens (tertiary/aromatic N) is 4. The van der Waals surface area contributed by atoms with E-state index in [2.05, 4.69) is 33.2 Å². The Morgan fingerprint density at radius 1 is 1.12 bits per heavy atom. The molecular formula is C19H12BrN5. The Hall–Kier alpha value is -3.35. The zero-order valence-corrected chi connectivity index (χ0v) is 14.6.